The monoisotopic (exact) mass is 552 g/mol. The summed E-state index contributed by atoms with van der Waals surface area (Å²) in [5.74, 6) is 0.0724. The van der Waals surface area contributed by atoms with E-state index in [4.69, 9.17) is 9.47 Å². The van der Waals surface area contributed by atoms with Crippen LogP contribution in [0, 0.1) is 23.7 Å². The van der Waals surface area contributed by atoms with E-state index >= 15 is 0 Å². The standard InChI is InChI=1S/C30H40N4O6/c1-19(2)17-39-25-13-9-23(10-14-25)29(37)33-31-27(35)21-5-7-22(8-6-21)28(36)32-34-30(38)24-11-15-26(16-12-24)40-18-20(3)4/h9-16,19-22H,5-8,17-18H2,1-4H3,(H,31,35)(H,32,36)(H,33,37)(H,34,38). The highest BCUT2D eigenvalue weighted by molar-refractivity contribution is 5.96. The van der Waals surface area contributed by atoms with Crippen molar-refractivity contribution in [2.45, 2.75) is 53.4 Å². The lowest BCUT2D eigenvalue weighted by atomic mass is 9.81. The first-order valence-electron chi connectivity index (χ1n) is 13.8. The van der Waals surface area contributed by atoms with Gasteiger partial charge in [0.2, 0.25) is 11.8 Å². The molecule has 0 spiro atoms. The zero-order valence-corrected chi connectivity index (χ0v) is 23.6. The number of hydrogen-bond acceptors (Lipinski definition) is 6. The summed E-state index contributed by atoms with van der Waals surface area (Å²) in [4.78, 5) is 49.9. The lowest BCUT2D eigenvalue weighted by molar-refractivity contribution is -0.131. The van der Waals surface area contributed by atoms with Crippen LogP contribution in [0.3, 0.4) is 0 Å². The summed E-state index contributed by atoms with van der Waals surface area (Å²) in [5, 5.41) is 0. The molecule has 10 nitrogen and oxygen atoms in total. The Hall–Kier alpha value is -4.08. The van der Waals surface area contributed by atoms with Crippen LogP contribution in [0.1, 0.15) is 74.1 Å². The first-order valence-corrected chi connectivity index (χ1v) is 13.8. The third-order valence-corrected chi connectivity index (χ3v) is 6.47. The number of carbonyl (C=O) groups excluding carboxylic acids is 4. The Kier molecular flexibility index (Phi) is 11.4. The number of ether oxygens (including phenoxy) is 2. The Bertz CT molecular complexity index is 1050. The van der Waals surface area contributed by atoms with E-state index in [0.29, 0.717) is 73.4 Å². The number of nitrogens with one attached hydrogen (secondary N) is 4. The molecule has 10 heteroatoms. The van der Waals surface area contributed by atoms with Gasteiger partial charge in [0.1, 0.15) is 11.5 Å². The number of amides is 4. The van der Waals surface area contributed by atoms with E-state index in [2.05, 4.69) is 49.4 Å². The van der Waals surface area contributed by atoms with Gasteiger partial charge in [-0.25, -0.2) is 0 Å². The summed E-state index contributed by atoms with van der Waals surface area (Å²) in [6, 6.07) is 13.4. The molecular formula is C30H40N4O6. The van der Waals surface area contributed by atoms with Gasteiger partial charge in [-0.05, 0) is 86.1 Å². The van der Waals surface area contributed by atoms with Crippen LogP contribution < -0.4 is 31.2 Å². The third-order valence-electron chi connectivity index (χ3n) is 6.47. The minimum absolute atomic E-state index is 0.293. The molecule has 216 valence electrons. The molecule has 4 N–H and O–H groups in total. The summed E-state index contributed by atoms with van der Waals surface area (Å²) >= 11 is 0. The van der Waals surface area contributed by atoms with Crippen molar-refractivity contribution in [1.29, 1.82) is 0 Å². The van der Waals surface area contributed by atoms with E-state index in [0.717, 1.165) is 0 Å². The maximum absolute atomic E-state index is 12.6. The number of benzene rings is 2. The number of hydrazine groups is 2. The van der Waals surface area contributed by atoms with E-state index in [9.17, 15) is 19.2 Å². The number of hydrogen-bond donors (Lipinski definition) is 4. The summed E-state index contributed by atoms with van der Waals surface area (Å²) in [6.07, 6.45) is 1.97. The molecule has 0 bridgehead atoms. The summed E-state index contributed by atoms with van der Waals surface area (Å²) in [5.41, 5.74) is 10.7. The maximum Gasteiger partial charge on any atom is 0.269 e. The molecule has 2 aromatic rings. The van der Waals surface area contributed by atoms with Gasteiger partial charge >= 0.3 is 0 Å². The SMILES string of the molecule is CC(C)COc1ccc(C(=O)NNC(=O)C2CCC(C(=O)NNC(=O)c3ccc(OCC(C)C)cc3)CC2)cc1. The van der Waals surface area contributed by atoms with Crippen molar-refractivity contribution < 1.29 is 28.7 Å². The first-order chi connectivity index (χ1) is 19.1. The second kappa shape index (κ2) is 14.9. The Morgan fingerprint density at radius 1 is 0.600 bits per heavy atom. The number of carbonyl (C=O) groups is 4. The molecule has 1 aliphatic rings. The van der Waals surface area contributed by atoms with E-state index in [1.54, 1.807) is 48.5 Å². The Labute approximate surface area is 235 Å². The Balaban J connectivity index is 1.35. The van der Waals surface area contributed by atoms with Crippen LogP contribution in [-0.4, -0.2) is 36.8 Å². The van der Waals surface area contributed by atoms with E-state index < -0.39 is 11.8 Å². The molecule has 1 fully saturated rings. The van der Waals surface area contributed by atoms with Crippen molar-refractivity contribution in [2.75, 3.05) is 13.2 Å². The molecule has 40 heavy (non-hydrogen) atoms. The molecule has 2 aromatic carbocycles. The fraction of sp³-hybridized carbons (Fsp3) is 0.467. The van der Waals surface area contributed by atoms with Gasteiger partial charge in [0.05, 0.1) is 13.2 Å². The van der Waals surface area contributed by atoms with E-state index in [1.807, 2.05) is 0 Å². The van der Waals surface area contributed by atoms with E-state index in [1.165, 1.54) is 0 Å². The van der Waals surface area contributed by atoms with Gasteiger partial charge in [-0.1, -0.05) is 27.7 Å². The molecule has 1 aliphatic carbocycles. The molecular weight excluding hydrogens is 512 g/mol. The summed E-state index contributed by atoms with van der Waals surface area (Å²) in [7, 11) is 0. The summed E-state index contributed by atoms with van der Waals surface area (Å²) < 4.78 is 11.2. The summed E-state index contributed by atoms with van der Waals surface area (Å²) in [6.45, 7) is 9.39. The minimum Gasteiger partial charge on any atom is -0.493 e. The smallest absolute Gasteiger partial charge is 0.269 e. The van der Waals surface area contributed by atoms with Crippen molar-refractivity contribution in [2.24, 2.45) is 23.7 Å². The molecule has 4 amide bonds. The van der Waals surface area contributed by atoms with Crippen LogP contribution in [0.4, 0.5) is 0 Å². The van der Waals surface area contributed by atoms with Crippen molar-refractivity contribution >= 4 is 23.6 Å². The maximum atomic E-state index is 12.6. The fourth-order valence-corrected chi connectivity index (χ4v) is 4.13. The molecule has 0 aliphatic heterocycles. The van der Waals surface area contributed by atoms with Gasteiger partial charge in [0, 0.05) is 23.0 Å². The quantitative estimate of drug-likeness (QED) is 0.331. The Morgan fingerprint density at radius 2 is 0.925 bits per heavy atom. The molecule has 3 rings (SSSR count). The molecule has 0 radical (unpaired) electrons. The topological polar surface area (TPSA) is 135 Å². The predicted octanol–water partition coefficient (Wildman–Crippen LogP) is 3.78. The molecule has 1 saturated carbocycles. The second-order valence-corrected chi connectivity index (χ2v) is 10.9. The first kappa shape index (κ1) is 30.5. The largest absolute Gasteiger partial charge is 0.493 e. The molecule has 0 aromatic heterocycles. The lowest BCUT2D eigenvalue weighted by Crippen LogP contribution is -2.47. The van der Waals surface area contributed by atoms with E-state index in [-0.39, 0.29) is 23.7 Å². The molecule has 0 saturated heterocycles. The fourth-order valence-electron chi connectivity index (χ4n) is 4.13. The zero-order valence-electron chi connectivity index (χ0n) is 23.6. The van der Waals surface area contributed by atoms with Gasteiger partial charge in [-0.2, -0.15) is 0 Å². The highest BCUT2D eigenvalue weighted by Gasteiger charge is 2.30. The van der Waals surface area contributed by atoms with Crippen LogP contribution in [0.5, 0.6) is 11.5 Å². The molecule has 0 heterocycles. The van der Waals surface area contributed by atoms with Crippen LogP contribution in [-0.2, 0) is 9.59 Å². The molecule has 0 atom stereocenters. The van der Waals surface area contributed by atoms with Crippen LogP contribution in [0.2, 0.25) is 0 Å². The van der Waals surface area contributed by atoms with Gasteiger partial charge in [0.15, 0.2) is 0 Å². The highest BCUT2D eigenvalue weighted by Crippen LogP contribution is 2.29. The van der Waals surface area contributed by atoms with Crippen molar-refractivity contribution in [1.82, 2.24) is 21.7 Å². The van der Waals surface area contributed by atoms with Crippen LogP contribution in [0.25, 0.3) is 0 Å². The van der Waals surface area contributed by atoms with Gasteiger partial charge in [-0.3, -0.25) is 40.9 Å². The molecule has 0 unspecified atom stereocenters. The normalized spacial score (nSPS) is 16.6. The minimum atomic E-state index is -0.426. The Morgan fingerprint density at radius 3 is 1.23 bits per heavy atom. The van der Waals surface area contributed by atoms with Gasteiger partial charge < -0.3 is 9.47 Å². The zero-order chi connectivity index (χ0) is 29.1. The second-order valence-electron chi connectivity index (χ2n) is 10.9. The predicted molar refractivity (Wildman–Crippen MR) is 150 cm³/mol. The van der Waals surface area contributed by atoms with Crippen molar-refractivity contribution in [3.05, 3.63) is 59.7 Å². The van der Waals surface area contributed by atoms with Gasteiger partial charge in [0.25, 0.3) is 11.8 Å². The average molecular weight is 553 g/mol. The van der Waals surface area contributed by atoms with Crippen LogP contribution >= 0.6 is 0 Å². The number of rotatable bonds is 10. The van der Waals surface area contributed by atoms with Crippen LogP contribution in [0.15, 0.2) is 48.5 Å². The van der Waals surface area contributed by atoms with Gasteiger partial charge in [-0.15, -0.1) is 0 Å². The highest BCUT2D eigenvalue weighted by atomic mass is 16.5. The van der Waals surface area contributed by atoms with Crippen molar-refractivity contribution in [3.8, 4) is 11.5 Å². The third kappa shape index (κ3) is 9.59. The van der Waals surface area contributed by atoms with Crippen molar-refractivity contribution in [3.63, 3.8) is 0 Å². The average Bonchev–Trinajstić information content (AvgIpc) is 2.96. The lowest BCUT2D eigenvalue weighted by Gasteiger charge is -2.27.